The standard InChI is InChI=1S/C21H26N4/c1-21(2,3)20-22-12-16-9-10-25(14-18(16)23-20)13-17-11-15-7-5-6-8-19(15)24(17)4/h5-8,11-12H,9-10,13-14H2,1-4H3. The first kappa shape index (κ1) is 16.3. The molecule has 3 heterocycles. The number of nitrogens with zero attached hydrogens (tertiary/aromatic N) is 4. The molecule has 0 N–H and O–H groups in total. The van der Waals surface area contributed by atoms with Crippen LogP contribution in [0.4, 0.5) is 0 Å². The first-order valence-electron chi connectivity index (χ1n) is 9.03. The molecule has 4 nitrogen and oxygen atoms in total. The molecule has 25 heavy (non-hydrogen) atoms. The van der Waals surface area contributed by atoms with E-state index >= 15 is 0 Å². The van der Waals surface area contributed by atoms with Crippen LogP contribution in [0.15, 0.2) is 36.5 Å². The molecular formula is C21H26N4. The quantitative estimate of drug-likeness (QED) is 0.714. The average molecular weight is 334 g/mol. The minimum atomic E-state index is -0.00680. The molecule has 0 aliphatic carbocycles. The van der Waals surface area contributed by atoms with Crippen LogP contribution in [0.2, 0.25) is 0 Å². The maximum Gasteiger partial charge on any atom is 0.133 e. The third-order valence-electron chi connectivity index (χ3n) is 5.13. The van der Waals surface area contributed by atoms with Gasteiger partial charge < -0.3 is 4.57 Å². The zero-order valence-electron chi connectivity index (χ0n) is 15.6. The molecule has 4 heteroatoms. The molecule has 1 aliphatic rings. The maximum atomic E-state index is 4.88. The number of rotatable bonds is 2. The van der Waals surface area contributed by atoms with E-state index < -0.39 is 0 Å². The van der Waals surface area contributed by atoms with E-state index in [4.69, 9.17) is 4.98 Å². The van der Waals surface area contributed by atoms with Crippen molar-refractivity contribution < 1.29 is 0 Å². The molecule has 0 radical (unpaired) electrons. The monoisotopic (exact) mass is 334 g/mol. The van der Waals surface area contributed by atoms with E-state index in [1.807, 2.05) is 6.20 Å². The van der Waals surface area contributed by atoms with Crippen molar-refractivity contribution in [3.63, 3.8) is 0 Å². The number of benzene rings is 1. The smallest absolute Gasteiger partial charge is 0.133 e. The number of para-hydroxylation sites is 1. The van der Waals surface area contributed by atoms with Gasteiger partial charge >= 0.3 is 0 Å². The molecule has 130 valence electrons. The van der Waals surface area contributed by atoms with Gasteiger partial charge in [0, 0.05) is 49.5 Å². The van der Waals surface area contributed by atoms with E-state index in [0.29, 0.717) is 0 Å². The fourth-order valence-corrected chi connectivity index (χ4v) is 3.58. The van der Waals surface area contributed by atoms with E-state index in [0.717, 1.165) is 31.9 Å². The van der Waals surface area contributed by atoms with Gasteiger partial charge in [0.2, 0.25) is 0 Å². The Morgan fingerprint density at radius 3 is 2.72 bits per heavy atom. The van der Waals surface area contributed by atoms with Crippen LogP contribution >= 0.6 is 0 Å². The Morgan fingerprint density at radius 2 is 1.96 bits per heavy atom. The molecule has 4 rings (SSSR count). The third kappa shape index (κ3) is 3.07. The van der Waals surface area contributed by atoms with Crippen molar-refractivity contribution in [3.8, 4) is 0 Å². The SMILES string of the molecule is Cn1c(CN2CCc3cnc(C(C)(C)C)nc3C2)cc2ccccc21. The van der Waals surface area contributed by atoms with Gasteiger partial charge in [-0.2, -0.15) is 0 Å². The number of aryl methyl sites for hydroxylation is 1. The third-order valence-corrected chi connectivity index (χ3v) is 5.13. The van der Waals surface area contributed by atoms with Crippen LogP contribution in [0.3, 0.4) is 0 Å². The molecule has 2 aromatic heterocycles. The first-order valence-corrected chi connectivity index (χ1v) is 9.03. The fourth-order valence-electron chi connectivity index (χ4n) is 3.58. The molecular weight excluding hydrogens is 308 g/mol. The van der Waals surface area contributed by atoms with Crippen LogP contribution in [0, 0.1) is 0 Å². The highest BCUT2D eigenvalue weighted by Crippen LogP contribution is 2.25. The molecule has 0 bridgehead atoms. The van der Waals surface area contributed by atoms with E-state index in [1.165, 1.54) is 27.9 Å². The van der Waals surface area contributed by atoms with E-state index in [-0.39, 0.29) is 5.41 Å². The van der Waals surface area contributed by atoms with Crippen molar-refractivity contribution in [1.29, 1.82) is 0 Å². The van der Waals surface area contributed by atoms with Crippen molar-refractivity contribution in [3.05, 3.63) is 59.3 Å². The van der Waals surface area contributed by atoms with Crippen LogP contribution < -0.4 is 0 Å². The second kappa shape index (κ2) is 5.95. The van der Waals surface area contributed by atoms with Gasteiger partial charge in [0.25, 0.3) is 0 Å². The molecule has 0 fully saturated rings. The topological polar surface area (TPSA) is 34.0 Å². The summed E-state index contributed by atoms with van der Waals surface area (Å²) in [5.41, 5.74) is 5.15. The van der Waals surface area contributed by atoms with Crippen LogP contribution in [0.5, 0.6) is 0 Å². The van der Waals surface area contributed by atoms with Gasteiger partial charge in [-0.15, -0.1) is 0 Å². The summed E-state index contributed by atoms with van der Waals surface area (Å²) >= 11 is 0. The largest absolute Gasteiger partial charge is 0.346 e. The van der Waals surface area contributed by atoms with Crippen LogP contribution in [0.25, 0.3) is 10.9 Å². The second-order valence-corrected chi connectivity index (χ2v) is 8.13. The average Bonchev–Trinajstić information content (AvgIpc) is 2.90. The lowest BCUT2D eigenvalue weighted by Crippen LogP contribution is -2.32. The predicted molar refractivity (Wildman–Crippen MR) is 101 cm³/mol. The Balaban J connectivity index is 1.58. The van der Waals surface area contributed by atoms with E-state index in [9.17, 15) is 0 Å². The van der Waals surface area contributed by atoms with Gasteiger partial charge in [-0.25, -0.2) is 9.97 Å². The summed E-state index contributed by atoms with van der Waals surface area (Å²) in [5, 5.41) is 1.31. The minimum Gasteiger partial charge on any atom is -0.346 e. The molecule has 1 aromatic carbocycles. The van der Waals surface area contributed by atoms with Gasteiger partial charge in [0.05, 0.1) is 5.69 Å². The first-order chi connectivity index (χ1) is 11.9. The fraction of sp³-hybridized carbons (Fsp3) is 0.429. The lowest BCUT2D eigenvalue weighted by molar-refractivity contribution is 0.235. The molecule has 3 aromatic rings. The molecule has 0 saturated carbocycles. The molecule has 0 unspecified atom stereocenters. The Morgan fingerprint density at radius 1 is 1.16 bits per heavy atom. The molecule has 0 saturated heterocycles. The predicted octanol–water partition coefficient (Wildman–Crippen LogP) is 3.82. The molecule has 0 amide bonds. The van der Waals surface area contributed by atoms with Gasteiger partial charge in [0.1, 0.15) is 5.82 Å². The zero-order chi connectivity index (χ0) is 17.6. The van der Waals surface area contributed by atoms with Gasteiger partial charge in [-0.1, -0.05) is 39.0 Å². The van der Waals surface area contributed by atoms with E-state index in [1.54, 1.807) is 0 Å². The Bertz CT molecular complexity index is 917. The summed E-state index contributed by atoms with van der Waals surface area (Å²) in [6.07, 6.45) is 3.07. The van der Waals surface area contributed by atoms with Crippen LogP contribution in [0.1, 0.15) is 43.5 Å². The Hall–Kier alpha value is -2.20. The summed E-state index contributed by atoms with van der Waals surface area (Å²) in [5.74, 6) is 0.942. The molecule has 0 atom stereocenters. The molecule has 1 aliphatic heterocycles. The highest BCUT2D eigenvalue weighted by molar-refractivity contribution is 5.81. The minimum absolute atomic E-state index is 0.00680. The lowest BCUT2D eigenvalue weighted by atomic mass is 9.95. The highest BCUT2D eigenvalue weighted by atomic mass is 15.2. The maximum absolute atomic E-state index is 4.88. The van der Waals surface area contributed by atoms with Crippen molar-refractivity contribution in [2.75, 3.05) is 6.54 Å². The Labute approximate surface area is 149 Å². The zero-order valence-corrected chi connectivity index (χ0v) is 15.6. The summed E-state index contributed by atoms with van der Waals surface area (Å²) < 4.78 is 2.31. The normalized spacial score (nSPS) is 15.5. The van der Waals surface area contributed by atoms with Gasteiger partial charge in [-0.05, 0) is 29.5 Å². The summed E-state index contributed by atoms with van der Waals surface area (Å²) in [6, 6.07) is 10.9. The van der Waals surface area contributed by atoms with Crippen LogP contribution in [-0.2, 0) is 32.0 Å². The van der Waals surface area contributed by atoms with Crippen molar-refractivity contribution in [2.24, 2.45) is 7.05 Å². The van der Waals surface area contributed by atoms with Crippen LogP contribution in [-0.4, -0.2) is 26.0 Å². The summed E-state index contributed by atoms with van der Waals surface area (Å²) in [6.45, 7) is 9.44. The number of aromatic nitrogens is 3. The Kier molecular flexibility index (Phi) is 3.88. The van der Waals surface area contributed by atoms with E-state index in [2.05, 4.69) is 72.6 Å². The van der Waals surface area contributed by atoms with Gasteiger partial charge in [-0.3, -0.25) is 4.90 Å². The number of hydrogen-bond acceptors (Lipinski definition) is 3. The summed E-state index contributed by atoms with van der Waals surface area (Å²) in [7, 11) is 2.16. The van der Waals surface area contributed by atoms with Crippen molar-refractivity contribution in [2.45, 2.75) is 45.7 Å². The second-order valence-electron chi connectivity index (χ2n) is 8.13. The molecule has 0 spiro atoms. The van der Waals surface area contributed by atoms with Gasteiger partial charge in [0.15, 0.2) is 0 Å². The summed E-state index contributed by atoms with van der Waals surface area (Å²) in [4.78, 5) is 12.0. The van der Waals surface area contributed by atoms with Crippen molar-refractivity contribution in [1.82, 2.24) is 19.4 Å². The number of fused-ring (bicyclic) bond motifs is 2. The number of hydrogen-bond donors (Lipinski definition) is 0. The highest BCUT2D eigenvalue weighted by Gasteiger charge is 2.23. The lowest BCUT2D eigenvalue weighted by Gasteiger charge is -2.29. The van der Waals surface area contributed by atoms with Crippen molar-refractivity contribution >= 4 is 10.9 Å².